The Morgan fingerprint density at radius 1 is 1.02 bits per heavy atom. The van der Waals surface area contributed by atoms with Crippen LogP contribution in [0.1, 0.15) is 106 Å². The van der Waals surface area contributed by atoms with Crippen molar-refractivity contribution in [1.82, 2.24) is 19.6 Å². The molecule has 2 atom stereocenters. The molecular formula is C50H57N7O8S. The normalized spacial score (nSPS) is 24.2. The molecule has 2 aliphatic carbocycles. The summed E-state index contributed by atoms with van der Waals surface area (Å²) >= 11 is 0. The highest BCUT2D eigenvalue weighted by Crippen LogP contribution is 2.54. The van der Waals surface area contributed by atoms with E-state index in [0.717, 1.165) is 55.2 Å². The summed E-state index contributed by atoms with van der Waals surface area (Å²) in [5.74, 6) is -0.370. The molecule has 10 rings (SSSR count). The number of rotatable bonds is 11. The highest BCUT2D eigenvalue weighted by molar-refractivity contribution is 7.90. The quantitative estimate of drug-likeness (QED) is 0.0727. The summed E-state index contributed by atoms with van der Waals surface area (Å²) in [5, 5.41) is 26.9. The molecule has 346 valence electrons. The van der Waals surface area contributed by atoms with Crippen molar-refractivity contribution in [3.63, 3.8) is 0 Å². The van der Waals surface area contributed by atoms with Crippen molar-refractivity contribution in [2.24, 2.45) is 11.3 Å². The van der Waals surface area contributed by atoms with Crippen LogP contribution in [0.3, 0.4) is 0 Å². The van der Waals surface area contributed by atoms with Gasteiger partial charge in [-0.1, -0.05) is 36.4 Å². The second-order valence-corrected chi connectivity index (χ2v) is 21.3. The van der Waals surface area contributed by atoms with Gasteiger partial charge in [-0.3, -0.25) is 19.8 Å². The van der Waals surface area contributed by atoms with Crippen LogP contribution >= 0.6 is 0 Å². The van der Waals surface area contributed by atoms with Crippen LogP contribution in [-0.2, 0) is 10.0 Å². The number of benzene rings is 3. The van der Waals surface area contributed by atoms with Gasteiger partial charge in [0, 0.05) is 60.6 Å². The molecule has 5 aromatic rings. The minimum Gasteiger partial charge on any atom is -0.489 e. The third-order valence-corrected chi connectivity index (χ3v) is 16.4. The van der Waals surface area contributed by atoms with Crippen molar-refractivity contribution < 1.29 is 32.7 Å². The number of aliphatic hydroxyl groups is 1. The third kappa shape index (κ3) is 8.50. The fourth-order valence-electron chi connectivity index (χ4n) is 11.3. The van der Waals surface area contributed by atoms with Crippen LogP contribution in [0.15, 0.2) is 90.6 Å². The number of carbonyl (C=O) groups is 1. The number of carbonyl (C=O) groups excluding carboxylic acids is 1. The first-order valence-electron chi connectivity index (χ1n) is 23.2. The van der Waals surface area contributed by atoms with Crippen molar-refractivity contribution in [3.05, 3.63) is 113 Å². The summed E-state index contributed by atoms with van der Waals surface area (Å²) in [6.07, 6.45) is 12.7. The van der Waals surface area contributed by atoms with Crippen molar-refractivity contribution in [2.75, 3.05) is 36.5 Å². The smallest absolute Gasteiger partial charge is 0.297 e. The Labute approximate surface area is 384 Å². The number of ether oxygens (including phenoxy) is 2. The number of H-pyrrole nitrogens is 1. The Morgan fingerprint density at radius 3 is 2.55 bits per heavy atom. The van der Waals surface area contributed by atoms with Gasteiger partial charge in [0.05, 0.1) is 33.2 Å². The van der Waals surface area contributed by atoms with Gasteiger partial charge < -0.3 is 29.8 Å². The zero-order valence-electron chi connectivity index (χ0n) is 37.4. The Kier molecular flexibility index (Phi) is 11.3. The van der Waals surface area contributed by atoms with E-state index in [1.54, 1.807) is 24.4 Å². The first kappa shape index (κ1) is 43.9. The van der Waals surface area contributed by atoms with Gasteiger partial charge in [0.15, 0.2) is 11.4 Å². The fourth-order valence-corrected chi connectivity index (χ4v) is 12.3. The second-order valence-electron chi connectivity index (χ2n) is 19.6. The van der Waals surface area contributed by atoms with E-state index in [0.29, 0.717) is 49.2 Å². The lowest BCUT2D eigenvalue weighted by Crippen LogP contribution is -2.54. The van der Waals surface area contributed by atoms with E-state index in [2.05, 4.69) is 67.6 Å². The number of hydrogen-bond donors (Lipinski definition) is 4. The lowest BCUT2D eigenvalue weighted by molar-refractivity contribution is -0.384. The highest BCUT2D eigenvalue weighted by Gasteiger charge is 2.50. The number of nitrogens with zero attached hydrogens (tertiary/aromatic N) is 4. The first-order chi connectivity index (χ1) is 31.6. The maximum Gasteiger partial charge on any atom is 0.297 e. The SMILES string of the molecule is C=C(C)c1ccccc1[C@@H]1CCCN1C1CC2(CCN(c3ccc(C(=O)NS(=O)(=O)c4cc5c(c([N+](=O)[O-])c4)N[C@@H](C4CCC(C)(O)CC4)CO5)c(Oc4cnc5[nH]ccc5c4)c3)CC2)C1. The molecule has 0 unspecified atom stereocenters. The molecule has 2 saturated heterocycles. The van der Waals surface area contributed by atoms with Crippen LogP contribution < -0.4 is 24.4 Å². The predicted octanol–water partition coefficient (Wildman–Crippen LogP) is 9.12. The lowest BCUT2D eigenvalue weighted by Gasteiger charge is -2.56. The van der Waals surface area contributed by atoms with Crippen LogP contribution in [0.5, 0.6) is 17.2 Å². The molecule has 16 heteroatoms. The summed E-state index contributed by atoms with van der Waals surface area (Å²) in [6.45, 7) is 11.1. The number of nitrogens with one attached hydrogen (secondary N) is 3. The van der Waals surface area contributed by atoms with Crippen molar-refractivity contribution in [3.8, 4) is 17.2 Å². The second kappa shape index (κ2) is 17.0. The molecule has 66 heavy (non-hydrogen) atoms. The van der Waals surface area contributed by atoms with Crippen molar-refractivity contribution in [2.45, 2.75) is 107 Å². The van der Waals surface area contributed by atoms with Gasteiger partial charge in [-0.15, -0.1) is 0 Å². The molecule has 15 nitrogen and oxygen atoms in total. The molecule has 4 fully saturated rings. The van der Waals surface area contributed by atoms with E-state index in [9.17, 15) is 28.4 Å². The van der Waals surface area contributed by atoms with Gasteiger partial charge in [-0.05, 0) is 131 Å². The molecule has 4 N–H and O–H groups in total. The predicted molar refractivity (Wildman–Crippen MR) is 253 cm³/mol. The van der Waals surface area contributed by atoms with Gasteiger partial charge in [0.2, 0.25) is 0 Å². The van der Waals surface area contributed by atoms with E-state index in [4.69, 9.17) is 9.47 Å². The molecule has 3 aliphatic heterocycles. The minimum absolute atomic E-state index is 0.00226. The number of piperidine rings is 1. The number of aromatic nitrogens is 2. The topological polar surface area (TPSA) is 192 Å². The van der Waals surface area contributed by atoms with Gasteiger partial charge >= 0.3 is 0 Å². The van der Waals surface area contributed by atoms with E-state index in [1.807, 2.05) is 19.1 Å². The van der Waals surface area contributed by atoms with E-state index >= 15 is 0 Å². The van der Waals surface area contributed by atoms with Crippen LogP contribution in [0.4, 0.5) is 17.1 Å². The Balaban J connectivity index is 0.856. The van der Waals surface area contributed by atoms with Crippen LogP contribution in [0.2, 0.25) is 0 Å². The largest absolute Gasteiger partial charge is 0.489 e. The number of amides is 1. The maximum absolute atomic E-state index is 14.1. The molecule has 5 heterocycles. The zero-order chi connectivity index (χ0) is 46.0. The molecule has 2 saturated carbocycles. The number of pyridine rings is 1. The average Bonchev–Trinajstić information content (AvgIpc) is 3.98. The average molecular weight is 916 g/mol. The molecule has 1 spiro atoms. The van der Waals surface area contributed by atoms with E-state index < -0.39 is 37.0 Å². The third-order valence-electron chi connectivity index (χ3n) is 15.1. The van der Waals surface area contributed by atoms with Gasteiger partial charge in [-0.2, -0.15) is 0 Å². The number of aromatic amines is 1. The summed E-state index contributed by atoms with van der Waals surface area (Å²) in [6, 6.07) is 20.3. The van der Waals surface area contributed by atoms with Crippen molar-refractivity contribution in [1.29, 1.82) is 0 Å². The number of nitro groups is 1. The summed E-state index contributed by atoms with van der Waals surface area (Å²) in [4.78, 5) is 37.9. The summed E-state index contributed by atoms with van der Waals surface area (Å²) < 4.78 is 42.4. The van der Waals surface area contributed by atoms with Crippen LogP contribution in [0.25, 0.3) is 16.6 Å². The minimum atomic E-state index is -4.66. The maximum atomic E-state index is 14.1. The number of allylic oxidation sites excluding steroid dienone is 1. The Hall–Kier alpha value is -5.97. The number of likely N-dealkylation sites (tertiary alicyclic amines) is 1. The fraction of sp³-hybridized carbons (Fsp3) is 0.440. The number of nitro benzene ring substituents is 1. The number of hydrogen-bond acceptors (Lipinski definition) is 12. The number of sulfonamides is 1. The van der Waals surface area contributed by atoms with Crippen molar-refractivity contribution >= 4 is 49.6 Å². The molecular weight excluding hydrogens is 859 g/mol. The van der Waals surface area contributed by atoms with Gasteiger partial charge in [0.25, 0.3) is 21.6 Å². The Morgan fingerprint density at radius 2 is 1.79 bits per heavy atom. The van der Waals surface area contributed by atoms with Gasteiger partial charge in [0.1, 0.15) is 23.8 Å². The molecule has 0 bridgehead atoms. The molecule has 1 amide bonds. The van der Waals surface area contributed by atoms with E-state index in [-0.39, 0.29) is 46.7 Å². The lowest BCUT2D eigenvalue weighted by atomic mass is 9.59. The molecule has 0 radical (unpaired) electrons. The monoisotopic (exact) mass is 915 g/mol. The van der Waals surface area contributed by atoms with Crippen LogP contribution in [0, 0.1) is 21.4 Å². The van der Waals surface area contributed by atoms with E-state index in [1.165, 1.54) is 49.1 Å². The zero-order valence-corrected chi connectivity index (χ0v) is 38.2. The van der Waals surface area contributed by atoms with Gasteiger partial charge in [-0.25, -0.2) is 18.1 Å². The highest BCUT2D eigenvalue weighted by atomic mass is 32.2. The number of fused-ring (bicyclic) bond motifs is 2. The van der Waals surface area contributed by atoms with Crippen LogP contribution in [-0.4, -0.2) is 83.1 Å². The Bertz CT molecular complexity index is 2820. The molecule has 3 aromatic carbocycles. The molecule has 5 aliphatic rings. The standard InChI is InChI=1S/C50H57N7O8S/c1-31(2)38-7-4-5-8-39(38)42-9-6-20-56(42)35-27-50(28-35)17-21-55(22-18-50)34-10-11-40(44(24-34)65-36-23-33-14-19-51-47(33)52-29-36)48(58)54-66(62,63)37-25-43(57(60)61)46-45(26-37)64-30-41(53-46)32-12-15-49(3,59)16-13-32/h4-5,7-8,10-11,14,19,23-26,29,32,35,41-42,53,59H,1,6,9,12-13,15-18,20-22,27-28,30H2,2-3H3,(H,51,52)(H,54,58)/t32?,41-,42+,49?/m1/s1. The number of anilines is 2. The molecule has 2 aromatic heterocycles. The summed E-state index contributed by atoms with van der Waals surface area (Å²) in [7, 11) is -4.66. The first-order valence-corrected chi connectivity index (χ1v) is 24.6. The summed E-state index contributed by atoms with van der Waals surface area (Å²) in [5.41, 5.74) is 4.35.